The number of rotatable bonds is 5. The molecular weight excluding hydrogens is 503 g/mol. The Hall–Kier alpha value is -3.21. The minimum absolute atomic E-state index is 0.0498. The van der Waals surface area contributed by atoms with Crippen LogP contribution in [0.4, 0.5) is 13.2 Å². The highest BCUT2D eigenvalue weighted by Crippen LogP contribution is 2.36. The Morgan fingerprint density at radius 3 is 2.59 bits per heavy atom. The Bertz CT molecular complexity index is 1310. The molecule has 7 nitrogen and oxygen atoms in total. The van der Waals surface area contributed by atoms with Gasteiger partial charge in [0.1, 0.15) is 12.2 Å². The van der Waals surface area contributed by atoms with Crippen LogP contribution in [0, 0.1) is 6.92 Å². The quantitative estimate of drug-likeness (QED) is 0.473. The van der Waals surface area contributed by atoms with Gasteiger partial charge in [-0.1, -0.05) is 24.3 Å². The Kier molecular flexibility index (Phi) is 6.82. The predicted molar refractivity (Wildman–Crippen MR) is 132 cm³/mol. The van der Waals surface area contributed by atoms with Gasteiger partial charge in [-0.05, 0) is 49.8 Å². The molecule has 0 unspecified atom stereocenters. The number of fused-ring (bicyclic) bond motifs is 1. The zero-order chi connectivity index (χ0) is 26.3. The highest BCUT2D eigenvalue weighted by molar-refractivity contribution is 7.09. The maximum atomic E-state index is 13.2. The molecule has 2 amide bonds. The van der Waals surface area contributed by atoms with Gasteiger partial charge in [-0.3, -0.25) is 14.3 Å². The summed E-state index contributed by atoms with van der Waals surface area (Å²) in [7, 11) is 1.83. The van der Waals surface area contributed by atoms with E-state index >= 15 is 0 Å². The second-order valence-corrected chi connectivity index (χ2v) is 10.6. The van der Waals surface area contributed by atoms with Gasteiger partial charge in [0.15, 0.2) is 5.69 Å². The molecule has 5 rings (SSSR count). The molecule has 0 radical (unpaired) electrons. The standard InChI is InChI=1S/C26H28F3N5O2S/c1-16-13-22(26(27,28)29)31-34(16)14-23(35)33-11-9-18(10-12-33)24-30-20(15-37-24)25(36)32(2)21-8-7-17-5-3-4-6-19(17)21/h3-6,13,15,18,21H,7-12,14H2,1-2H3/t21-/m1/s1. The second kappa shape index (κ2) is 9.92. The number of alkyl halides is 3. The van der Waals surface area contributed by atoms with Crippen molar-refractivity contribution in [3.63, 3.8) is 0 Å². The molecule has 1 fully saturated rings. The third kappa shape index (κ3) is 5.14. The molecule has 3 heterocycles. The summed E-state index contributed by atoms with van der Waals surface area (Å²) in [6, 6.07) is 9.22. The number of thiazole rings is 1. The number of piperidine rings is 1. The molecule has 196 valence electrons. The Morgan fingerprint density at radius 2 is 1.89 bits per heavy atom. The summed E-state index contributed by atoms with van der Waals surface area (Å²) in [6.45, 7) is 2.25. The lowest BCUT2D eigenvalue weighted by atomic mass is 9.97. The highest BCUT2D eigenvalue weighted by atomic mass is 32.1. The van der Waals surface area contributed by atoms with Crippen LogP contribution in [-0.2, 0) is 23.9 Å². The average Bonchev–Trinajstić information content (AvgIpc) is 3.62. The molecule has 2 aliphatic rings. The number of carbonyl (C=O) groups excluding carboxylic acids is 2. The number of benzene rings is 1. The number of aromatic nitrogens is 3. The van der Waals surface area contributed by atoms with E-state index in [1.165, 1.54) is 29.4 Å². The zero-order valence-electron chi connectivity index (χ0n) is 20.7. The molecule has 1 atom stereocenters. The number of hydrogen-bond acceptors (Lipinski definition) is 5. The summed E-state index contributed by atoms with van der Waals surface area (Å²) in [5, 5.41) is 6.25. The molecule has 11 heteroatoms. The van der Waals surface area contributed by atoms with Gasteiger partial charge in [0.05, 0.1) is 11.0 Å². The van der Waals surface area contributed by atoms with Gasteiger partial charge in [0, 0.05) is 37.1 Å². The molecule has 0 spiro atoms. The number of likely N-dealkylation sites (tertiary alicyclic amines) is 1. The maximum Gasteiger partial charge on any atom is 0.435 e. The van der Waals surface area contributed by atoms with Crippen molar-refractivity contribution in [2.75, 3.05) is 20.1 Å². The fraction of sp³-hybridized carbons (Fsp3) is 0.462. The third-order valence-electron chi connectivity index (χ3n) is 7.38. The van der Waals surface area contributed by atoms with E-state index in [0.717, 1.165) is 28.6 Å². The molecule has 0 N–H and O–H groups in total. The summed E-state index contributed by atoms with van der Waals surface area (Å²) < 4.78 is 39.8. The van der Waals surface area contributed by atoms with Gasteiger partial charge in [0.2, 0.25) is 5.91 Å². The smallest absolute Gasteiger partial charge is 0.341 e. The van der Waals surface area contributed by atoms with E-state index in [0.29, 0.717) is 37.3 Å². The summed E-state index contributed by atoms with van der Waals surface area (Å²) >= 11 is 1.47. The fourth-order valence-electron chi connectivity index (χ4n) is 5.25. The summed E-state index contributed by atoms with van der Waals surface area (Å²) in [5.41, 5.74) is 2.23. The number of amides is 2. The van der Waals surface area contributed by atoms with E-state index in [9.17, 15) is 22.8 Å². The van der Waals surface area contributed by atoms with Crippen LogP contribution in [0.25, 0.3) is 0 Å². The number of nitrogens with zero attached hydrogens (tertiary/aromatic N) is 5. The van der Waals surface area contributed by atoms with Crippen LogP contribution in [0.3, 0.4) is 0 Å². The largest absolute Gasteiger partial charge is 0.435 e. The van der Waals surface area contributed by atoms with Crippen molar-refractivity contribution in [3.8, 4) is 0 Å². The molecule has 3 aromatic rings. The monoisotopic (exact) mass is 531 g/mol. The first-order chi connectivity index (χ1) is 17.6. The first kappa shape index (κ1) is 25.4. The van der Waals surface area contributed by atoms with Gasteiger partial charge in [-0.15, -0.1) is 11.3 Å². The van der Waals surface area contributed by atoms with Crippen molar-refractivity contribution in [1.29, 1.82) is 0 Å². The first-order valence-electron chi connectivity index (χ1n) is 12.3. The lowest BCUT2D eigenvalue weighted by Crippen LogP contribution is -2.40. The van der Waals surface area contributed by atoms with E-state index in [4.69, 9.17) is 0 Å². The average molecular weight is 532 g/mol. The van der Waals surface area contributed by atoms with Crippen LogP contribution >= 0.6 is 11.3 Å². The minimum Gasteiger partial charge on any atom is -0.341 e. The minimum atomic E-state index is -4.54. The Labute approximate surface area is 216 Å². The summed E-state index contributed by atoms with van der Waals surface area (Å²) in [6.07, 6.45) is -1.31. The van der Waals surface area contributed by atoms with Crippen LogP contribution in [0.1, 0.15) is 69.2 Å². The van der Waals surface area contributed by atoms with Crippen molar-refractivity contribution in [1.82, 2.24) is 24.6 Å². The van der Waals surface area contributed by atoms with Crippen LogP contribution in [0.15, 0.2) is 35.7 Å². The zero-order valence-corrected chi connectivity index (χ0v) is 21.5. The molecule has 0 bridgehead atoms. The van der Waals surface area contributed by atoms with Gasteiger partial charge >= 0.3 is 6.18 Å². The number of hydrogen-bond donors (Lipinski definition) is 0. The lowest BCUT2D eigenvalue weighted by Gasteiger charge is -2.31. The van der Waals surface area contributed by atoms with Crippen LogP contribution in [0.2, 0.25) is 0 Å². The molecule has 1 aliphatic heterocycles. The van der Waals surface area contributed by atoms with E-state index in [1.807, 2.05) is 24.6 Å². The van der Waals surface area contributed by atoms with E-state index < -0.39 is 11.9 Å². The van der Waals surface area contributed by atoms with Gasteiger partial charge in [0.25, 0.3) is 5.91 Å². The van der Waals surface area contributed by atoms with E-state index in [2.05, 4.69) is 22.2 Å². The van der Waals surface area contributed by atoms with Crippen molar-refractivity contribution in [3.05, 3.63) is 68.9 Å². The normalized spacial score (nSPS) is 18.2. The molecule has 1 aliphatic carbocycles. The lowest BCUT2D eigenvalue weighted by molar-refractivity contribution is -0.142. The molecule has 0 saturated carbocycles. The van der Waals surface area contributed by atoms with Gasteiger partial charge < -0.3 is 9.80 Å². The topological polar surface area (TPSA) is 71.3 Å². The Balaban J connectivity index is 1.17. The van der Waals surface area contributed by atoms with Crippen LogP contribution < -0.4 is 0 Å². The Morgan fingerprint density at radius 1 is 1.16 bits per heavy atom. The summed E-state index contributed by atoms with van der Waals surface area (Å²) in [5.74, 6) is -0.215. The van der Waals surface area contributed by atoms with Gasteiger partial charge in [-0.2, -0.15) is 18.3 Å². The molecule has 37 heavy (non-hydrogen) atoms. The summed E-state index contributed by atoms with van der Waals surface area (Å²) in [4.78, 5) is 34.0. The van der Waals surface area contributed by atoms with Crippen LogP contribution in [0.5, 0.6) is 0 Å². The number of carbonyl (C=O) groups is 2. The van der Waals surface area contributed by atoms with Crippen LogP contribution in [-0.4, -0.2) is 56.5 Å². The van der Waals surface area contributed by atoms with E-state index in [1.54, 1.807) is 9.80 Å². The SMILES string of the molecule is Cc1cc(C(F)(F)F)nn1CC(=O)N1CCC(c2nc(C(=O)N(C)[C@@H]3CCc4ccccc43)cs2)CC1. The number of aryl methyl sites for hydroxylation is 2. The fourth-order valence-corrected chi connectivity index (χ4v) is 6.21. The molecular formula is C26H28F3N5O2S. The van der Waals surface area contributed by atoms with Crippen molar-refractivity contribution in [2.45, 2.75) is 57.3 Å². The predicted octanol–water partition coefficient (Wildman–Crippen LogP) is 4.83. The molecule has 2 aromatic heterocycles. The second-order valence-electron chi connectivity index (χ2n) is 9.72. The van der Waals surface area contributed by atoms with Gasteiger partial charge in [-0.25, -0.2) is 4.98 Å². The molecule has 1 saturated heterocycles. The van der Waals surface area contributed by atoms with Crippen molar-refractivity contribution < 1.29 is 22.8 Å². The third-order valence-corrected chi connectivity index (χ3v) is 8.39. The molecule has 1 aromatic carbocycles. The maximum absolute atomic E-state index is 13.2. The van der Waals surface area contributed by atoms with E-state index in [-0.39, 0.29) is 30.3 Å². The number of halogens is 3. The van der Waals surface area contributed by atoms with Crippen molar-refractivity contribution >= 4 is 23.2 Å². The van der Waals surface area contributed by atoms with Crippen molar-refractivity contribution in [2.24, 2.45) is 0 Å². The first-order valence-corrected chi connectivity index (χ1v) is 13.2. The highest BCUT2D eigenvalue weighted by Gasteiger charge is 2.35.